The Balaban J connectivity index is 3.03. The molecule has 0 heterocycles. The summed E-state index contributed by atoms with van der Waals surface area (Å²) in [6, 6.07) is 4.96. The lowest BCUT2D eigenvalue weighted by Gasteiger charge is -2.16. The minimum absolute atomic E-state index is 0.256. The fourth-order valence-corrected chi connectivity index (χ4v) is 1.65. The molecule has 6 heteroatoms. The summed E-state index contributed by atoms with van der Waals surface area (Å²) in [7, 11) is 2.24. The third-order valence-electron chi connectivity index (χ3n) is 2.55. The van der Waals surface area contributed by atoms with Crippen LogP contribution in [0.4, 0.5) is 5.69 Å². The fraction of sp³-hybridized carbons (Fsp3) is 0.308. The summed E-state index contributed by atoms with van der Waals surface area (Å²) in [6.45, 7) is 5.74. The van der Waals surface area contributed by atoms with E-state index >= 15 is 0 Å². The summed E-state index contributed by atoms with van der Waals surface area (Å²) < 4.78 is 0. The molecule has 0 unspecified atom stereocenters. The molecule has 0 bridgehead atoms. The van der Waals surface area contributed by atoms with Gasteiger partial charge in [0.25, 0.3) is 5.91 Å². The third kappa shape index (κ3) is 4.52. The molecule has 102 valence electrons. The highest BCUT2D eigenvalue weighted by Crippen LogP contribution is 2.12. The Morgan fingerprint density at radius 2 is 2.05 bits per heavy atom. The quantitative estimate of drug-likeness (QED) is 0.513. The number of nitrogens with zero attached hydrogens (tertiary/aromatic N) is 1. The molecule has 0 radical (unpaired) electrons. The predicted molar refractivity (Wildman–Crippen MR) is 77.1 cm³/mol. The Kier molecular flexibility index (Phi) is 5.29. The number of rotatable bonds is 5. The number of carbonyl (C=O) groups excluding carboxylic acids is 1. The van der Waals surface area contributed by atoms with Crippen LogP contribution < -0.4 is 10.8 Å². The Labute approximate surface area is 113 Å². The Morgan fingerprint density at radius 3 is 2.53 bits per heavy atom. The molecule has 19 heavy (non-hydrogen) atoms. The Morgan fingerprint density at radius 1 is 1.42 bits per heavy atom. The fourth-order valence-electron chi connectivity index (χ4n) is 1.65. The molecule has 3 N–H and O–H groups in total. The van der Waals surface area contributed by atoms with Gasteiger partial charge in [-0.15, -0.1) is 0 Å². The van der Waals surface area contributed by atoms with Crippen LogP contribution in [-0.4, -0.2) is 42.1 Å². The van der Waals surface area contributed by atoms with Crippen molar-refractivity contribution in [2.45, 2.75) is 13.5 Å². The van der Waals surface area contributed by atoms with Crippen molar-refractivity contribution in [2.75, 3.05) is 19.4 Å². The molecule has 0 aromatic heterocycles. The Bertz CT molecular complexity index is 487. The molecule has 0 saturated carbocycles. The number of nitrogens with one attached hydrogen (secondary N) is 1. The van der Waals surface area contributed by atoms with Gasteiger partial charge in [-0.05, 0) is 44.2 Å². The van der Waals surface area contributed by atoms with E-state index in [9.17, 15) is 14.8 Å². The van der Waals surface area contributed by atoms with Crippen LogP contribution in [0.1, 0.15) is 12.5 Å². The topological polar surface area (TPSA) is 72.8 Å². The van der Waals surface area contributed by atoms with Crippen molar-refractivity contribution in [3.05, 3.63) is 35.9 Å². The molecule has 1 aromatic rings. The van der Waals surface area contributed by atoms with Gasteiger partial charge in [-0.1, -0.05) is 12.6 Å². The highest BCUT2D eigenvalue weighted by molar-refractivity contribution is 6.59. The van der Waals surface area contributed by atoms with Crippen molar-refractivity contribution in [1.29, 1.82) is 0 Å². The van der Waals surface area contributed by atoms with Gasteiger partial charge in [0.1, 0.15) is 0 Å². The normalized spacial score (nSPS) is 10.4. The molecular weight excluding hydrogens is 243 g/mol. The van der Waals surface area contributed by atoms with Gasteiger partial charge in [0.05, 0.1) is 0 Å². The largest absolute Gasteiger partial charge is 0.488 e. The number of anilines is 1. The number of hydrogen-bond acceptors (Lipinski definition) is 4. The second-order valence-corrected chi connectivity index (χ2v) is 4.76. The monoisotopic (exact) mass is 262 g/mol. The maximum Gasteiger partial charge on any atom is 0.488 e. The highest BCUT2D eigenvalue weighted by atomic mass is 16.4. The lowest BCUT2D eigenvalue weighted by Crippen LogP contribution is -2.34. The summed E-state index contributed by atoms with van der Waals surface area (Å²) in [5, 5.41) is 21.3. The van der Waals surface area contributed by atoms with Crippen LogP contribution in [0.5, 0.6) is 0 Å². The zero-order valence-corrected chi connectivity index (χ0v) is 11.5. The van der Waals surface area contributed by atoms with Crippen molar-refractivity contribution in [3.63, 3.8) is 0 Å². The summed E-state index contributed by atoms with van der Waals surface area (Å²) in [4.78, 5) is 13.5. The van der Waals surface area contributed by atoms with Gasteiger partial charge < -0.3 is 20.3 Å². The van der Waals surface area contributed by atoms with Crippen molar-refractivity contribution in [1.82, 2.24) is 4.90 Å². The Hall–Kier alpha value is -1.63. The van der Waals surface area contributed by atoms with Gasteiger partial charge in [-0.3, -0.25) is 4.79 Å². The standard InChI is InChI=1S/C13H19BN2O3/c1-9(2)13(17)15-11-5-6-12(14(18)19)10(7-11)8-16(3)4/h5-7,18-19H,1,8H2,2-4H3,(H,15,17). The first-order chi connectivity index (χ1) is 8.81. The number of benzene rings is 1. The van der Waals surface area contributed by atoms with E-state index in [1.807, 2.05) is 19.0 Å². The van der Waals surface area contributed by atoms with Crippen LogP contribution in [0, 0.1) is 0 Å². The molecule has 1 amide bonds. The van der Waals surface area contributed by atoms with Gasteiger partial charge in [0, 0.05) is 17.8 Å². The molecule has 1 rings (SSSR count). The first-order valence-electron chi connectivity index (χ1n) is 5.91. The third-order valence-corrected chi connectivity index (χ3v) is 2.55. The molecule has 0 aliphatic carbocycles. The SMILES string of the molecule is C=C(C)C(=O)Nc1ccc(B(O)O)c(CN(C)C)c1. The van der Waals surface area contributed by atoms with Gasteiger partial charge >= 0.3 is 7.12 Å². The van der Waals surface area contributed by atoms with E-state index in [0.29, 0.717) is 23.3 Å². The maximum absolute atomic E-state index is 11.5. The lowest BCUT2D eigenvalue weighted by molar-refractivity contribution is -0.112. The molecule has 0 fully saturated rings. The van der Waals surface area contributed by atoms with Gasteiger partial charge in [-0.2, -0.15) is 0 Å². The maximum atomic E-state index is 11.5. The van der Waals surface area contributed by atoms with E-state index in [-0.39, 0.29) is 5.91 Å². The number of carbonyl (C=O) groups is 1. The van der Waals surface area contributed by atoms with E-state index in [1.54, 1.807) is 25.1 Å². The van der Waals surface area contributed by atoms with Crippen molar-refractivity contribution < 1.29 is 14.8 Å². The van der Waals surface area contributed by atoms with Gasteiger partial charge in [0.15, 0.2) is 0 Å². The van der Waals surface area contributed by atoms with Crippen LogP contribution in [0.25, 0.3) is 0 Å². The highest BCUT2D eigenvalue weighted by Gasteiger charge is 2.17. The summed E-state index contributed by atoms with van der Waals surface area (Å²) in [5.74, 6) is -0.256. The molecule has 0 aliphatic heterocycles. The second-order valence-electron chi connectivity index (χ2n) is 4.76. The first kappa shape index (κ1) is 15.4. The summed E-state index contributed by atoms with van der Waals surface area (Å²) in [5.41, 5.74) is 2.20. The molecule has 0 atom stereocenters. The summed E-state index contributed by atoms with van der Waals surface area (Å²) in [6.07, 6.45) is 0. The molecular formula is C13H19BN2O3. The molecule has 1 aromatic carbocycles. The van der Waals surface area contributed by atoms with Crippen LogP contribution in [0.2, 0.25) is 0 Å². The van der Waals surface area contributed by atoms with Crippen molar-refractivity contribution >= 4 is 24.2 Å². The van der Waals surface area contributed by atoms with Crippen LogP contribution >= 0.6 is 0 Å². The molecule has 0 saturated heterocycles. The van der Waals surface area contributed by atoms with E-state index in [2.05, 4.69) is 11.9 Å². The second kappa shape index (κ2) is 6.52. The zero-order chi connectivity index (χ0) is 14.6. The van der Waals surface area contributed by atoms with Crippen LogP contribution in [-0.2, 0) is 11.3 Å². The van der Waals surface area contributed by atoms with Gasteiger partial charge in [-0.25, -0.2) is 0 Å². The zero-order valence-electron chi connectivity index (χ0n) is 11.5. The first-order valence-corrected chi connectivity index (χ1v) is 5.91. The van der Waals surface area contributed by atoms with Crippen molar-refractivity contribution in [2.24, 2.45) is 0 Å². The average Bonchev–Trinajstić information content (AvgIpc) is 2.27. The van der Waals surface area contributed by atoms with Gasteiger partial charge in [0.2, 0.25) is 0 Å². The number of amides is 1. The van der Waals surface area contributed by atoms with E-state index in [4.69, 9.17) is 0 Å². The molecule has 0 aliphatic rings. The van der Waals surface area contributed by atoms with E-state index in [1.165, 1.54) is 0 Å². The van der Waals surface area contributed by atoms with Crippen molar-refractivity contribution in [3.8, 4) is 0 Å². The van der Waals surface area contributed by atoms with Crippen LogP contribution in [0.3, 0.4) is 0 Å². The lowest BCUT2D eigenvalue weighted by atomic mass is 9.76. The molecule has 0 spiro atoms. The van der Waals surface area contributed by atoms with Crippen LogP contribution in [0.15, 0.2) is 30.4 Å². The number of hydrogen-bond donors (Lipinski definition) is 3. The average molecular weight is 262 g/mol. The minimum Gasteiger partial charge on any atom is -0.423 e. The minimum atomic E-state index is -1.53. The smallest absolute Gasteiger partial charge is 0.423 e. The predicted octanol–water partition coefficient (Wildman–Crippen LogP) is -0.0574. The van der Waals surface area contributed by atoms with E-state index < -0.39 is 7.12 Å². The molecule has 5 nitrogen and oxygen atoms in total. The summed E-state index contributed by atoms with van der Waals surface area (Å²) >= 11 is 0. The van der Waals surface area contributed by atoms with E-state index in [0.717, 1.165) is 5.56 Å².